The van der Waals surface area contributed by atoms with Crippen molar-refractivity contribution in [3.05, 3.63) is 23.6 Å². The molecular formula is C12H9FN2O5. The summed E-state index contributed by atoms with van der Waals surface area (Å²) < 4.78 is 24.3. The van der Waals surface area contributed by atoms with Crippen molar-refractivity contribution in [1.82, 2.24) is 10.2 Å². The molecule has 7 nitrogen and oxygen atoms in total. The maximum Gasteiger partial charge on any atom is 0.353 e. The Hall–Kier alpha value is -2.77. The van der Waals surface area contributed by atoms with E-state index in [-0.39, 0.29) is 41.7 Å². The normalized spacial score (nSPS) is 13.2. The first-order valence-electron chi connectivity index (χ1n) is 5.68. The summed E-state index contributed by atoms with van der Waals surface area (Å²) in [4.78, 5) is 10.8. The number of aromatic amines is 1. The fourth-order valence-electron chi connectivity index (χ4n) is 1.90. The molecule has 1 aromatic carbocycles. The van der Waals surface area contributed by atoms with Gasteiger partial charge in [-0.2, -0.15) is 9.49 Å². The summed E-state index contributed by atoms with van der Waals surface area (Å²) in [6, 6.07) is 2.54. The number of nitrogens with zero attached hydrogens (tertiary/aromatic N) is 1. The number of halogens is 1. The Kier molecular flexibility index (Phi) is 2.70. The summed E-state index contributed by atoms with van der Waals surface area (Å²) in [6.45, 7) is 0.450. The van der Waals surface area contributed by atoms with Crippen molar-refractivity contribution in [1.29, 1.82) is 0 Å². The van der Waals surface area contributed by atoms with Gasteiger partial charge in [-0.25, -0.2) is 4.79 Å². The number of fused-ring (bicyclic) bond motifs is 1. The molecule has 0 atom stereocenters. The van der Waals surface area contributed by atoms with Gasteiger partial charge in [-0.15, -0.1) is 0 Å². The van der Waals surface area contributed by atoms with Crippen LogP contribution in [-0.2, 0) is 0 Å². The maximum atomic E-state index is 14.0. The van der Waals surface area contributed by atoms with Crippen LogP contribution in [0.1, 0.15) is 10.5 Å². The average Bonchev–Trinajstić information content (AvgIpc) is 2.92. The van der Waals surface area contributed by atoms with Gasteiger partial charge in [-0.3, -0.25) is 5.10 Å². The molecule has 1 aliphatic rings. The monoisotopic (exact) mass is 280 g/mol. The smallest absolute Gasteiger partial charge is 0.353 e. The van der Waals surface area contributed by atoms with Crippen LogP contribution in [0.2, 0.25) is 0 Å². The van der Waals surface area contributed by atoms with Crippen molar-refractivity contribution in [3.63, 3.8) is 0 Å². The molecule has 20 heavy (non-hydrogen) atoms. The molecule has 0 aliphatic carbocycles. The third-order valence-corrected chi connectivity index (χ3v) is 2.83. The fourth-order valence-corrected chi connectivity index (χ4v) is 1.90. The zero-order valence-corrected chi connectivity index (χ0v) is 10.0. The van der Waals surface area contributed by atoms with Crippen molar-refractivity contribution in [3.8, 4) is 28.5 Å². The molecule has 1 aliphatic heterocycles. The minimum absolute atomic E-state index is 0.0236. The lowest BCUT2D eigenvalue weighted by Crippen LogP contribution is -2.16. The number of benzene rings is 1. The number of hydrogen-bond donors (Lipinski definition) is 3. The third kappa shape index (κ3) is 1.81. The Morgan fingerprint density at radius 2 is 2.10 bits per heavy atom. The summed E-state index contributed by atoms with van der Waals surface area (Å²) in [7, 11) is 0. The molecule has 0 saturated carbocycles. The molecule has 0 fully saturated rings. The van der Waals surface area contributed by atoms with Gasteiger partial charge in [0, 0.05) is 0 Å². The summed E-state index contributed by atoms with van der Waals surface area (Å²) in [5, 5.41) is 24.7. The number of phenolic OH excluding ortho intramolecular Hbond substituents is 1. The first-order valence-corrected chi connectivity index (χ1v) is 5.68. The second-order valence-corrected chi connectivity index (χ2v) is 4.08. The van der Waals surface area contributed by atoms with Crippen molar-refractivity contribution in [2.24, 2.45) is 0 Å². The van der Waals surface area contributed by atoms with Gasteiger partial charge in [0.05, 0.1) is 11.3 Å². The van der Waals surface area contributed by atoms with Crippen LogP contribution in [0, 0.1) is 5.82 Å². The lowest BCUT2D eigenvalue weighted by molar-refractivity contribution is 0.0690. The van der Waals surface area contributed by atoms with Crippen LogP contribution in [0.15, 0.2) is 12.1 Å². The number of rotatable bonds is 2. The van der Waals surface area contributed by atoms with Crippen LogP contribution in [-0.4, -0.2) is 39.6 Å². The van der Waals surface area contributed by atoms with Crippen LogP contribution >= 0.6 is 0 Å². The predicted molar refractivity (Wildman–Crippen MR) is 63.6 cm³/mol. The van der Waals surface area contributed by atoms with E-state index in [1.165, 1.54) is 12.1 Å². The Bertz CT molecular complexity index is 697. The van der Waals surface area contributed by atoms with Gasteiger partial charge >= 0.3 is 5.97 Å². The van der Waals surface area contributed by atoms with E-state index in [0.717, 1.165) is 0 Å². The molecule has 2 heterocycles. The van der Waals surface area contributed by atoms with Crippen molar-refractivity contribution in [2.45, 2.75) is 0 Å². The van der Waals surface area contributed by atoms with E-state index < -0.39 is 17.5 Å². The van der Waals surface area contributed by atoms with E-state index >= 15 is 0 Å². The number of carbonyl (C=O) groups is 1. The number of carboxylic acid groups (broad SMARTS) is 1. The molecule has 0 radical (unpaired) electrons. The Labute approximate surface area is 111 Å². The van der Waals surface area contributed by atoms with Crippen LogP contribution in [0.25, 0.3) is 11.3 Å². The number of H-pyrrole nitrogens is 1. The minimum Gasteiger partial charge on any atom is -0.504 e. The molecule has 8 heteroatoms. The lowest BCUT2D eigenvalue weighted by Gasteiger charge is -2.20. The summed E-state index contributed by atoms with van der Waals surface area (Å²) in [6.07, 6.45) is 0. The number of nitrogens with one attached hydrogen (secondary N) is 1. The molecule has 3 rings (SSSR count). The highest BCUT2D eigenvalue weighted by Crippen LogP contribution is 2.43. The molecule has 0 spiro atoms. The van der Waals surface area contributed by atoms with Gasteiger partial charge in [-0.1, -0.05) is 0 Å². The number of carboxylic acids is 1. The quantitative estimate of drug-likeness (QED) is 0.767. The largest absolute Gasteiger partial charge is 0.504 e. The molecule has 0 unspecified atom stereocenters. The molecule has 3 N–H and O–H groups in total. The zero-order chi connectivity index (χ0) is 14.3. The molecular weight excluding hydrogens is 271 g/mol. The molecule has 0 bridgehead atoms. The Balaban J connectivity index is 2.13. The van der Waals surface area contributed by atoms with Crippen LogP contribution in [0.5, 0.6) is 17.2 Å². The number of aromatic hydroxyl groups is 1. The van der Waals surface area contributed by atoms with E-state index in [1.54, 1.807) is 0 Å². The van der Waals surface area contributed by atoms with Crippen molar-refractivity contribution < 1.29 is 28.9 Å². The molecule has 2 aromatic rings. The topological polar surface area (TPSA) is 105 Å². The highest BCUT2D eigenvalue weighted by atomic mass is 19.1. The Morgan fingerprint density at radius 3 is 2.80 bits per heavy atom. The van der Waals surface area contributed by atoms with Gasteiger partial charge < -0.3 is 19.7 Å². The van der Waals surface area contributed by atoms with E-state index in [1.807, 2.05) is 0 Å². The standard InChI is InChI=1S/C12H9FN2O5/c13-9-10(16)5(3-8-11(9)20-2-1-19-8)6-4-7(12(17)18)15-14-6/h3-4,16H,1-2H2,(H,14,15)(H,17,18). The van der Waals surface area contributed by atoms with Gasteiger partial charge in [0.25, 0.3) is 0 Å². The van der Waals surface area contributed by atoms with E-state index in [4.69, 9.17) is 14.6 Å². The number of hydrogen-bond acceptors (Lipinski definition) is 5. The van der Waals surface area contributed by atoms with E-state index in [0.29, 0.717) is 0 Å². The molecule has 104 valence electrons. The highest BCUT2D eigenvalue weighted by Gasteiger charge is 2.25. The van der Waals surface area contributed by atoms with Crippen molar-refractivity contribution in [2.75, 3.05) is 13.2 Å². The number of aromatic carboxylic acids is 1. The number of phenols is 1. The van der Waals surface area contributed by atoms with Gasteiger partial charge in [0.1, 0.15) is 18.9 Å². The predicted octanol–water partition coefficient (Wildman–Crippen LogP) is 1.39. The van der Waals surface area contributed by atoms with Gasteiger partial charge in [0.15, 0.2) is 11.5 Å². The third-order valence-electron chi connectivity index (χ3n) is 2.83. The first-order chi connectivity index (χ1) is 9.58. The highest BCUT2D eigenvalue weighted by molar-refractivity contribution is 5.87. The van der Waals surface area contributed by atoms with E-state index in [2.05, 4.69) is 10.2 Å². The Morgan fingerprint density at radius 1 is 1.35 bits per heavy atom. The zero-order valence-electron chi connectivity index (χ0n) is 10.0. The SMILES string of the molecule is O=C(O)c1cc(-c2cc3c(c(F)c2O)OCCO3)n[nH]1. The fraction of sp³-hybridized carbons (Fsp3) is 0.167. The second-order valence-electron chi connectivity index (χ2n) is 4.08. The summed E-state index contributed by atoms with van der Waals surface area (Å²) >= 11 is 0. The first kappa shape index (κ1) is 12.3. The van der Waals surface area contributed by atoms with Gasteiger partial charge in [-0.05, 0) is 12.1 Å². The van der Waals surface area contributed by atoms with Crippen LogP contribution in [0.4, 0.5) is 4.39 Å². The second kappa shape index (κ2) is 4.41. The lowest BCUT2D eigenvalue weighted by atomic mass is 10.1. The van der Waals surface area contributed by atoms with Crippen LogP contribution in [0.3, 0.4) is 0 Å². The van der Waals surface area contributed by atoms with Gasteiger partial charge in [0.2, 0.25) is 11.6 Å². The van der Waals surface area contributed by atoms with E-state index in [9.17, 15) is 14.3 Å². The summed E-state index contributed by atoms with van der Waals surface area (Å²) in [5.74, 6) is -2.86. The van der Waals surface area contributed by atoms with Crippen LogP contribution < -0.4 is 9.47 Å². The summed E-state index contributed by atoms with van der Waals surface area (Å²) in [5.41, 5.74) is -0.0547. The maximum absolute atomic E-state index is 14.0. The average molecular weight is 280 g/mol. The minimum atomic E-state index is -1.21. The number of ether oxygens (including phenoxy) is 2. The van der Waals surface area contributed by atoms with Crippen molar-refractivity contribution >= 4 is 5.97 Å². The molecule has 0 saturated heterocycles. The molecule has 1 aromatic heterocycles. The molecule has 0 amide bonds. The number of aromatic nitrogens is 2.